The summed E-state index contributed by atoms with van der Waals surface area (Å²) in [6.07, 6.45) is 2.36. The van der Waals surface area contributed by atoms with Crippen LogP contribution in [0.2, 0.25) is 0 Å². The fourth-order valence-electron chi connectivity index (χ4n) is 2.89. The highest BCUT2D eigenvalue weighted by molar-refractivity contribution is 5.99. The first kappa shape index (κ1) is 24.2. The normalized spacial score (nSPS) is 13.5. The van der Waals surface area contributed by atoms with E-state index in [0.717, 1.165) is 6.20 Å². The van der Waals surface area contributed by atoms with Gasteiger partial charge in [-0.25, -0.2) is 23.3 Å². The maximum absolute atomic E-state index is 14.4. The molecule has 2 atom stereocenters. The van der Waals surface area contributed by atoms with Gasteiger partial charge in [0, 0.05) is 24.4 Å². The molecule has 33 heavy (non-hydrogen) atoms. The zero-order chi connectivity index (χ0) is 24.2. The summed E-state index contributed by atoms with van der Waals surface area (Å²) in [5.74, 6) is -1.23. The van der Waals surface area contributed by atoms with Crippen molar-refractivity contribution in [2.24, 2.45) is 0 Å². The Morgan fingerprint density at radius 3 is 2.82 bits per heavy atom. The van der Waals surface area contributed by atoms with Crippen LogP contribution in [0.15, 0.2) is 30.7 Å². The minimum absolute atomic E-state index is 0.0777. The quantitative estimate of drug-likeness (QED) is 0.364. The van der Waals surface area contributed by atoms with Gasteiger partial charge in [0.15, 0.2) is 17.3 Å². The van der Waals surface area contributed by atoms with Crippen LogP contribution < -0.4 is 16.0 Å². The Balaban J connectivity index is 1.85. The van der Waals surface area contributed by atoms with Crippen molar-refractivity contribution < 1.29 is 23.1 Å². The molecule has 3 heterocycles. The van der Waals surface area contributed by atoms with Gasteiger partial charge in [0.25, 0.3) is 5.91 Å². The summed E-state index contributed by atoms with van der Waals surface area (Å²) in [6.45, 7) is 3.34. The summed E-state index contributed by atoms with van der Waals surface area (Å²) in [7, 11) is 0. The number of nitrogens with one attached hydrogen (secondary N) is 3. The number of hydrogen-bond acceptors (Lipinski definition) is 7. The molecule has 3 rings (SSSR count). The van der Waals surface area contributed by atoms with Crippen LogP contribution in [0.1, 0.15) is 37.6 Å². The predicted molar refractivity (Wildman–Crippen MR) is 118 cm³/mol. The van der Waals surface area contributed by atoms with E-state index in [9.17, 15) is 23.1 Å². The smallest absolute Gasteiger partial charge is 0.255 e. The molecule has 0 aromatic carbocycles. The number of pyridine rings is 1. The number of amides is 1. The maximum atomic E-state index is 14.4. The second-order valence-electron chi connectivity index (χ2n) is 8.17. The first-order valence-electron chi connectivity index (χ1n) is 10.3. The van der Waals surface area contributed by atoms with E-state index in [4.69, 9.17) is 0 Å². The van der Waals surface area contributed by atoms with Crippen LogP contribution in [0.5, 0.6) is 0 Å². The van der Waals surface area contributed by atoms with Crippen LogP contribution in [-0.2, 0) is 0 Å². The van der Waals surface area contributed by atoms with Crippen LogP contribution in [0.25, 0.3) is 5.65 Å². The fraction of sp³-hybridized carbons (Fsp3) is 0.429. The molecule has 12 heteroatoms. The van der Waals surface area contributed by atoms with Crippen molar-refractivity contribution >= 4 is 28.9 Å². The van der Waals surface area contributed by atoms with E-state index >= 15 is 0 Å². The summed E-state index contributed by atoms with van der Waals surface area (Å²) in [5, 5.41) is 21.8. The third-order valence-corrected chi connectivity index (χ3v) is 4.89. The molecule has 0 aliphatic heterocycles. The minimum atomic E-state index is -1.69. The molecule has 4 N–H and O–H groups in total. The first-order valence-corrected chi connectivity index (χ1v) is 10.3. The molecule has 0 fully saturated rings. The molecule has 0 aliphatic rings. The molecule has 1 amide bonds. The highest BCUT2D eigenvalue weighted by Gasteiger charge is 2.27. The molecule has 0 saturated heterocycles. The maximum Gasteiger partial charge on any atom is 0.255 e. The molecule has 0 bridgehead atoms. The lowest BCUT2D eigenvalue weighted by molar-refractivity contribution is -0.00177. The van der Waals surface area contributed by atoms with Gasteiger partial charge in [-0.3, -0.25) is 9.18 Å². The zero-order valence-electron chi connectivity index (χ0n) is 18.4. The van der Waals surface area contributed by atoms with E-state index in [1.54, 1.807) is 13.0 Å². The lowest BCUT2D eigenvalue weighted by atomic mass is 10.0. The second kappa shape index (κ2) is 10.0. The topological polar surface area (TPSA) is 116 Å². The number of rotatable bonds is 10. The third-order valence-electron chi connectivity index (χ3n) is 4.89. The number of aliphatic hydroxyl groups is 1. The monoisotopic (exact) mass is 465 g/mol. The number of halogens is 3. The van der Waals surface area contributed by atoms with Gasteiger partial charge in [0.05, 0.1) is 42.5 Å². The standard InChI is InChI=1S/C21H26F3N7O2/c1-12(4-6-22)28-15-8-17(29-19-14(23)11-31-18(30-19)5-7-27-31)25-9-13(15)20(32)26-10-16(24)21(2,3)33/h5,7-9,11-12,16,33H,4,6,10H2,1-3H3,(H,26,32)(H2,25,28,29,30). The zero-order valence-corrected chi connectivity index (χ0v) is 18.4. The molecule has 9 nitrogen and oxygen atoms in total. The first-order chi connectivity index (χ1) is 15.6. The average Bonchev–Trinajstić information content (AvgIpc) is 3.18. The van der Waals surface area contributed by atoms with Crippen molar-refractivity contribution in [3.8, 4) is 0 Å². The molecule has 0 radical (unpaired) electrons. The number of carbonyl (C=O) groups excluding carboxylic acids is 1. The Labute approximate surface area is 188 Å². The summed E-state index contributed by atoms with van der Waals surface area (Å²) >= 11 is 0. The molecule has 0 spiro atoms. The number of hydrogen-bond donors (Lipinski definition) is 4. The van der Waals surface area contributed by atoms with Crippen molar-refractivity contribution in [1.29, 1.82) is 0 Å². The molecule has 0 aliphatic carbocycles. The lowest BCUT2D eigenvalue weighted by Gasteiger charge is -2.23. The Kier molecular flexibility index (Phi) is 7.36. The Morgan fingerprint density at radius 2 is 2.12 bits per heavy atom. The van der Waals surface area contributed by atoms with Crippen LogP contribution in [0, 0.1) is 5.82 Å². The number of nitrogens with zero attached hydrogens (tertiary/aromatic N) is 4. The molecular weight excluding hydrogens is 439 g/mol. The van der Waals surface area contributed by atoms with E-state index in [1.165, 1.54) is 36.8 Å². The predicted octanol–water partition coefficient (Wildman–Crippen LogP) is 3.01. The van der Waals surface area contributed by atoms with Gasteiger partial charge in [-0.05, 0) is 27.2 Å². The molecule has 3 aromatic rings. The largest absolute Gasteiger partial charge is 0.387 e. The van der Waals surface area contributed by atoms with E-state index in [-0.39, 0.29) is 35.3 Å². The SMILES string of the molecule is CC(CCF)Nc1cc(Nc2nc3ccnn3cc2F)ncc1C(=O)NCC(F)C(C)(C)O. The Hall–Kier alpha value is -3.41. The lowest BCUT2D eigenvalue weighted by Crippen LogP contribution is -2.42. The average molecular weight is 465 g/mol. The van der Waals surface area contributed by atoms with Crippen LogP contribution in [0.4, 0.5) is 30.5 Å². The molecule has 2 unspecified atom stereocenters. The van der Waals surface area contributed by atoms with Crippen molar-refractivity contribution in [1.82, 2.24) is 24.9 Å². The van der Waals surface area contributed by atoms with Crippen molar-refractivity contribution in [2.45, 2.75) is 45.0 Å². The number of aromatic nitrogens is 4. The van der Waals surface area contributed by atoms with E-state index in [0.29, 0.717) is 5.65 Å². The number of anilines is 3. The van der Waals surface area contributed by atoms with Gasteiger partial charge in [-0.2, -0.15) is 5.10 Å². The van der Waals surface area contributed by atoms with Crippen LogP contribution in [-0.4, -0.2) is 61.6 Å². The van der Waals surface area contributed by atoms with Crippen LogP contribution >= 0.6 is 0 Å². The molecule has 3 aromatic heterocycles. The Morgan fingerprint density at radius 1 is 1.36 bits per heavy atom. The van der Waals surface area contributed by atoms with Gasteiger partial charge >= 0.3 is 0 Å². The van der Waals surface area contributed by atoms with Gasteiger partial charge in [-0.1, -0.05) is 0 Å². The highest BCUT2D eigenvalue weighted by Crippen LogP contribution is 2.24. The molecular formula is C21H26F3N7O2. The highest BCUT2D eigenvalue weighted by atomic mass is 19.1. The third kappa shape index (κ3) is 6.09. The van der Waals surface area contributed by atoms with Gasteiger partial charge in [0.1, 0.15) is 12.0 Å². The summed E-state index contributed by atoms with van der Waals surface area (Å²) in [4.78, 5) is 20.9. The second-order valence-corrected chi connectivity index (χ2v) is 8.17. The Bertz CT molecular complexity index is 1120. The van der Waals surface area contributed by atoms with E-state index < -0.39 is 36.7 Å². The van der Waals surface area contributed by atoms with E-state index in [2.05, 4.69) is 31.0 Å². The molecule has 0 saturated carbocycles. The summed E-state index contributed by atoms with van der Waals surface area (Å²) in [6, 6.07) is 2.72. The minimum Gasteiger partial charge on any atom is -0.387 e. The number of carbonyl (C=O) groups is 1. The van der Waals surface area contributed by atoms with Crippen molar-refractivity contribution in [3.05, 3.63) is 42.1 Å². The van der Waals surface area contributed by atoms with E-state index in [1.807, 2.05) is 0 Å². The van der Waals surface area contributed by atoms with Gasteiger partial charge in [0.2, 0.25) is 0 Å². The van der Waals surface area contributed by atoms with Crippen molar-refractivity contribution in [3.63, 3.8) is 0 Å². The number of alkyl halides is 2. The van der Waals surface area contributed by atoms with Crippen molar-refractivity contribution in [2.75, 3.05) is 23.9 Å². The summed E-state index contributed by atoms with van der Waals surface area (Å²) < 4.78 is 42.5. The summed E-state index contributed by atoms with van der Waals surface area (Å²) in [5.41, 5.74) is -0.842. The van der Waals surface area contributed by atoms with Gasteiger partial charge in [-0.15, -0.1) is 0 Å². The van der Waals surface area contributed by atoms with Crippen LogP contribution in [0.3, 0.4) is 0 Å². The molecule has 178 valence electrons. The fourth-order valence-corrected chi connectivity index (χ4v) is 2.89. The number of fused-ring (bicyclic) bond motifs is 1. The van der Waals surface area contributed by atoms with Gasteiger partial charge < -0.3 is 21.1 Å².